The minimum atomic E-state index is -3.59. The third kappa shape index (κ3) is 3.40. The first-order chi connectivity index (χ1) is 12.9. The first-order valence-corrected chi connectivity index (χ1v) is 10.4. The van der Waals surface area contributed by atoms with Gasteiger partial charge in [-0.15, -0.1) is 0 Å². The van der Waals surface area contributed by atoms with Gasteiger partial charge in [0, 0.05) is 46.1 Å². The van der Waals surface area contributed by atoms with Gasteiger partial charge >= 0.3 is 0 Å². The van der Waals surface area contributed by atoms with Crippen molar-refractivity contribution in [3.8, 4) is 0 Å². The Labute approximate surface area is 159 Å². The van der Waals surface area contributed by atoms with Crippen LogP contribution >= 0.6 is 0 Å². The maximum atomic E-state index is 13.9. The predicted molar refractivity (Wildman–Crippen MR) is 99.3 cm³/mol. The van der Waals surface area contributed by atoms with Crippen LogP contribution in [0, 0.1) is 17.7 Å². The summed E-state index contributed by atoms with van der Waals surface area (Å²) in [4.78, 5) is 9.68. The average Bonchev–Trinajstić information content (AvgIpc) is 3.30. The summed E-state index contributed by atoms with van der Waals surface area (Å²) < 4.78 is 42.5. The van der Waals surface area contributed by atoms with Crippen LogP contribution in [0.4, 0.5) is 4.39 Å². The van der Waals surface area contributed by atoms with Gasteiger partial charge in [-0.25, -0.2) is 9.37 Å². The number of H-pyrrole nitrogens is 1. The summed E-state index contributed by atoms with van der Waals surface area (Å²) in [5.41, 5.74) is 0.716. The lowest BCUT2D eigenvalue weighted by molar-refractivity contribution is 0.250. The molecule has 3 heterocycles. The molecule has 4 rings (SSSR count). The molecule has 0 aliphatic carbocycles. The SMILES string of the molecule is CN(C)S(=O)(=O)N1C[C@@H]2CN(Cc3ncc[nH]3)C[C@@H]2[C@H]1c1cccc(F)c1. The largest absolute Gasteiger partial charge is 0.348 e. The van der Waals surface area contributed by atoms with Crippen LogP contribution < -0.4 is 0 Å². The van der Waals surface area contributed by atoms with E-state index in [9.17, 15) is 12.8 Å². The topological polar surface area (TPSA) is 72.5 Å². The number of fused-ring (bicyclic) bond motifs is 1. The van der Waals surface area contributed by atoms with Crippen LogP contribution in [0.2, 0.25) is 0 Å². The lowest BCUT2D eigenvalue weighted by Crippen LogP contribution is -2.42. The van der Waals surface area contributed by atoms with Crippen LogP contribution in [-0.4, -0.2) is 65.6 Å². The monoisotopic (exact) mass is 393 g/mol. The van der Waals surface area contributed by atoms with Gasteiger partial charge in [0.25, 0.3) is 10.2 Å². The van der Waals surface area contributed by atoms with Crippen LogP contribution in [0.15, 0.2) is 36.7 Å². The number of aromatic nitrogens is 2. The summed E-state index contributed by atoms with van der Waals surface area (Å²) in [5, 5.41) is 0. The zero-order valence-electron chi connectivity index (χ0n) is 15.4. The Balaban J connectivity index is 1.64. The van der Waals surface area contributed by atoms with Crippen molar-refractivity contribution in [2.45, 2.75) is 12.6 Å². The number of nitrogens with zero attached hydrogens (tertiary/aromatic N) is 4. The summed E-state index contributed by atoms with van der Waals surface area (Å²) in [7, 11) is -0.515. The lowest BCUT2D eigenvalue weighted by Gasteiger charge is -2.31. The van der Waals surface area contributed by atoms with Crippen LogP contribution in [0.25, 0.3) is 0 Å². The van der Waals surface area contributed by atoms with Crippen LogP contribution in [0.3, 0.4) is 0 Å². The van der Waals surface area contributed by atoms with Gasteiger partial charge in [-0.3, -0.25) is 4.90 Å². The maximum absolute atomic E-state index is 13.9. The highest BCUT2D eigenvalue weighted by atomic mass is 32.2. The molecule has 27 heavy (non-hydrogen) atoms. The van der Waals surface area contributed by atoms with Gasteiger partial charge in [-0.1, -0.05) is 12.1 Å². The number of nitrogens with one attached hydrogen (secondary N) is 1. The van der Waals surface area contributed by atoms with Crippen molar-refractivity contribution < 1.29 is 12.8 Å². The minimum Gasteiger partial charge on any atom is -0.348 e. The fourth-order valence-electron chi connectivity index (χ4n) is 4.37. The summed E-state index contributed by atoms with van der Waals surface area (Å²) in [6.07, 6.45) is 3.53. The Kier molecular flexibility index (Phi) is 4.79. The van der Waals surface area contributed by atoms with Crippen molar-refractivity contribution in [2.24, 2.45) is 11.8 Å². The lowest BCUT2D eigenvalue weighted by atomic mass is 9.90. The standard InChI is InChI=1S/C18H24FN5O2S/c1-22(2)27(25,26)24-10-14-9-23(12-17-20-6-7-21-17)11-16(14)18(24)13-4-3-5-15(19)8-13/h3-8,14,16,18H,9-12H2,1-2H3,(H,20,21)/t14-,16-,18+/m0/s1. The fraction of sp³-hybridized carbons (Fsp3) is 0.500. The van der Waals surface area contributed by atoms with Gasteiger partial charge in [0.1, 0.15) is 11.6 Å². The van der Waals surface area contributed by atoms with Gasteiger partial charge in [0.2, 0.25) is 0 Å². The molecule has 2 aliphatic rings. The third-order valence-corrected chi connectivity index (χ3v) is 7.47. The van der Waals surface area contributed by atoms with Gasteiger partial charge in [0.05, 0.1) is 12.6 Å². The Bertz CT molecular complexity index is 902. The molecule has 7 nitrogen and oxygen atoms in total. The molecule has 1 aromatic heterocycles. The number of hydrogen-bond acceptors (Lipinski definition) is 4. The molecule has 2 aromatic rings. The van der Waals surface area contributed by atoms with Crippen LogP contribution in [0.5, 0.6) is 0 Å². The predicted octanol–water partition coefficient (Wildman–Crippen LogP) is 1.46. The van der Waals surface area contributed by atoms with Crippen molar-refractivity contribution in [3.05, 3.63) is 53.9 Å². The normalized spacial score (nSPS) is 26.7. The minimum absolute atomic E-state index is 0.122. The van der Waals surface area contributed by atoms with E-state index in [0.717, 1.165) is 18.9 Å². The van der Waals surface area contributed by atoms with E-state index in [1.807, 2.05) is 6.07 Å². The second kappa shape index (κ2) is 6.97. The van der Waals surface area contributed by atoms with Crippen molar-refractivity contribution >= 4 is 10.2 Å². The molecule has 9 heteroatoms. The number of likely N-dealkylation sites (tertiary alicyclic amines) is 1. The molecule has 2 fully saturated rings. The summed E-state index contributed by atoms with van der Waals surface area (Å²) in [6, 6.07) is 5.95. The zero-order valence-corrected chi connectivity index (χ0v) is 16.2. The quantitative estimate of drug-likeness (QED) is 0.835. The molecule has 0 spiro atoms. The third-order valence-electron chi connectivity index (χ3n) is 5.57. The van der Waals surface area contributed by atoms with Gasteiger partial charge < -0.3 is 4.98 Å². The number of benzene rings is 1. The Morgan fingerprint density at radius 1 is 1.30 bits per heavy atom. The number of hydrogen-bond donors (Lipinski definition) is 1. The molecule has 1 N–H and O–H groups in total. The highest BCUT2D eigenvalue weighted by Gasteiger charge is 2.51. The average molecular weight is 393 g/mol. The highest BCUT2D eigenvalue weighted by Crippen LogP contribution is 2.46. The fourth-order valence-corrected chi connectivity index (χ4v) is 5.74. The maximum Gasteiger partial charge on any atom is 0.282 e. The van der Waals surface area contributed by atoms with E-state index in [0.29, 0.717) is 18.7 Å². The molecule has 146 valence electrons. The van der Waals surface area contributed by atoms with E-state index in [-0.39, 0.29) is 23.7 Å². The molecule has 3 atom stereocenters. The molecule has 0 amide bonds. The van der Waals surface area contributed by atoms with E-state index in [4.69, 9.17) is 0 Å². The van der Waals surface area contributed by atoms with Gasteiger partial charge in [0.15, 0.2) is 0 Å². The van der Waals surface area contributed by atoms with Crippen LogP contribution in [-0.2, 0) is 16.8 Å². The number of imidazole rings is 1. The van der Waals surface area contributed by atoms with Crippen molar-refractivity contribution in [1.29, 1.82) is 0 Å². The molecular formula is C18H24FN5O2S. The Morgan fingerprint density at radius 3 is 2.78 bits per heavy atom. The van der Waals surface area contributed by atoms with E-state index in [2.05, 4.69) is 14.9 Å². The van der Waals surface area contributed by atoms with Crippen LogP contribution in [0.1, 0.15) is 17.4 Å². The number of halogens is 1. The molecule has 0 bridgehead atoms. The van der Waals surface area contributed by atoms with E-state index >= 15 is 0 Å². The molecular weight excluding hydrogens is 369 g/mol. The van der Waals surface area contributed by atoms with Gasteiger partial charge in [-0.2, -0.15) is 17.0 Å². The van der Waals surface area contributed by atoms with Crippen molar-refractivity contribution in [2.75, 3.05) is 33.7 Å². The summed E-state index contributed by atoms with van der Waals surface area (Å²) in [5.74, 6) is 0.887. The number of aromatic amines is 1. The Hall–Kier alpha value is -1.81. The van der Waals surface area contributed by atoms with Crippen molar-refractivity contribution in [3.63, 3.8) is 0 Å². The Morgan fingerprint density at radius 2 is 2.11 bits per heavy atom. The molecule has 0 radical (unpaired) electrons. The zero-order chi connectivity index (χ0) is 19.2. The molecule has 0 saturated carbocycles. The smallest absolute Gasteiger partial charge is 0.282 e. The van der Waals surface area contributed by atoms with E-state index in [1.54, 1.807) is 22.8 Å². The van der Waals surface area contributed by atoms with E-state index in [1.165, 1.54) is 30.5 Å². The van der Waals surface area contributed by atoms with Gasteiger partial charge in [-0.05, 0) is 29.5 Å². The molecule has 1 aromatic carbocycles. The molecule has 0 unspecified atom stereocenters. The van der Waals surface area contributed by atoms with E-state index < -0.39 is 10.2 Å². The summed E-state index contributed by atoms with van der Waals surface area (Å²) in [6.45, 7) is 2.71. The molecule has 2 aliphatic heterocycles. The number of rotatable bonds is 5. The first-order valence-electron chi connectivity index (χ1n) is 9.01. The second-order valence-electron chi connectivity index (χ2n) is 7.51. The highest BCUT2D eigenvalue weighted by molar-refractivity contribution is 7.86. The first kappa shape index (κ1) is 18.5. The second-order valence-corrected chi connectivity index (χ2v) is 9.61. The molecule has 2 saturated heterocycles. The van der Waals surface area contributed by atoms with Crippen molar-refractivity contribution in [1.82, 2.24) is 23.5 Å². The summed E-state index contributed by atoms with van der Waals surface area (Å²) >= 11 is 0.